The van der Waals surface area contributed by atoms with Crippen molar-refractivity contribution in [3.63, 3.8) is 0 Å². The first-order valence-corrected chi connectivity index (χ1v) is 6.41. The quantitative estimate of drug-likeness (QED) is 0.631. The van der Waals surface area contributed by atoms with E-state index in [2.05, 4.69) is 6.08 Å². The minimum atomic E-state index is -2.33. The molecule has 0 spiro atoms. The molecule has 0 unspecified atom stereocenters. The maximum atomic E-state index is 5.65. The van der Waals surface area contributed by atoms with Crippen LogP contribution in [0.3, 0.4) is 0 Å². The molecule has 1 aliphatic carbocycles. The smallest absolute Gasteiger partial charge is 0.505 e. The fourth-order valence-electron chi connectivity index (χ4n) is 1.14. The Labute approximate surface area is 74.7 Å². The van der Waals surface area contributed by atoms with Crippen molar-refractivity contribution in [2.24, 2.45) is 0 Å². The van der Waals surface area contributed by atoms with Gasteiger partial charge >= 0.3 is 8.80 Å². The van der Waals surface area contributed by atoms with Crippen molar-refractivity contribution in [1.29, 1.82) is 0 Å². The second-order valence-electron chi connectivity index (χ2n) is 2.94. The third kappa shape index (κ3) is 2.33. The van der Waals surface area contributed by atoms with Gasteiger partial charge < -0.3 is 13.3 Å². The molecule has 1 rings (SSSR count). The molecule has 0 radical (unpaired) electrons. The molecule has 0 N–H and O–H groups in total. The molecule has 0 fully saturated rings. The van der Waals surface area contributed by atoms with E-state index in [1.165, 1.54) is 6.42 Å². The number of hydrogen-bond acceptors (Lipinski definition) is 3. The van der Waals surface area contributed by atoms with Gasteiger partial charge in [-0.15, -0.1) is 0 Å². The van der Waals surface area contributed by atoms with Crippen molar-refractivity contribution >= 4 is 8.80 Å². The predicted octanol–water partition coefficient (Wildman–Crippen LogP) is 1.93. The fraction of sp³-hybridized carbons (Fsp3) is 0.750. The molecule has 0 saturated carbocycles. The summed E-state index contributed by atoms with van der Waals surface area (Å²) in [6.07, 6.45) is 5.44. The Hall–Kier alpha value is -0.323. The lowest BCUT2D eigenvalue weighted by Crippen LogP contribution is -2.39. The van der Waals surface area contributed by atoms with Gasteiger partial charge in [0.05, 0.1) is 5.76 Å². The Balaban J connectivity index is 2.46. The fourth-order valence-corrected chi connectivity index (χ4v) is 2.13. The van der Waals surface area contributed by atoms with E-state index in [1.54, 1.807) is 14.2 Å². The summed E-state index contributed by atoms with van der Waals surface area (Å²) in [6.45, 7) is 1.90. The van der Waals surface area contributed by atoms with Gasteiger partial charge in [0.2, 0.25) is 0 Å². The molecule has 70 valence electrons. The molecule has 12 heavy (non-hydrogen) atoms. The van der Waals surface area contributed by atoms with E-state index < -0.39 is 8.80 Å². The zero-order valence-corrected chi connectivity index (χ0v) is 8.92. The van der Waals surface area contributed by atoms with E-state index >= 15 is 0 Å². The summed E-state index contributed by atoms with van der Waals surface area (Å²) in [5.74, 6) is 1.04. The highest BCUT2D eigenvalue weighted by Crippen LogP contribution is 2.22. The summed E-state index contributed by atoms with van der Waals surface area (Å²) < 4.78 is 16.1. The molecule has 0 aromatic rings. The van der Waals surface area contributed by atoms with Crippen molar-refractivity contribution in [2.45, 2.75) is 25.8 Å². The minimum absolute atomic E-state index is 1.02. The largest absolute Gasteiger partial charge is 0.561 e. The molecular formula is C8H16O3Si. The summed E-state index contributed by atoms with van der Waals surface area (Å²) in [5.41, 5.74) is 0. The standard InChI is InChI=1S/C8H16O3Si/c1-9-12(3,10-2)11-8-6-4-5-7-8/h6H,4-5,7H2,1-3H3. The van der Waals surface area contributed by atoms with Gasteiger partial charge in [0.15, 0.2) is 0 Å². The van der Waals surface area contributed by atoms with Crippen molar-refractivity contribution < 1.29 is 13.3 Å². The molecule has 0 atom stereocenters. The van der Waals surface area contributed by atoms with Crippen LogP contribution in [0.15, 0.2) is 11.8 Å². The number of hydrogen-bond donors (Lipinski definition) is 0. The van der Waals surface area contributed by atoms with Gasteiger partial charge in [-0.1, -0.05) is 0 Å². The third-order valence-corrected chi connectivity index (χ3v) is 4.17. The molecule has 0 aromatic carbocycles. The molecule has 4 heteroatoms. The van der Waals surface area contributed by atoms with Crippen molar-refractivity contribution in [3.05, 3.63) is 11.8 Å². The second-order valence-corrected chi connectivity index (χ2v) is 5.68. The lowest BCUT2D eigenvalue weighted by molar-refractivity contribution is 0.135. The van der Waals surface area contributed by atoms with Crippen LogP contribution in [0, 0.1) is 0 Å². The van der Waals surface area contributed by atoms with Gasteiger partial charge in [-0.3, -0.25) is 0 Å². The summed E-state index contributed by atoms with van der Waals surface area (Å²) in [7, 11) is 0.930. The summed E-state index contributed by atoms with van der Waals surface area (Å²) in [6, 6.07) is 0. The Morgan fingerprint density at radius 1 is 1.33 bits per heavy atom. The van der Waals surface area contributed by atoms with Crippen molar-refractivity contribution in [1.82, 2.24) is 0 Å². The second kappa shape index (κ2) is 4.07. The van der Waals surface area contributed by atoms with Gasteiger partial charge in [0.1, 0.15) is 0 Å². The van der Waals surface area contributed by atoms with E-state index in [0.717, 1.165) is 18.6 Å². The van der Waals surface area contributed by atoms with Crippen LogP contribution in [0.4, 0.5) is 0 Å². The maximum Gasteiger partial charge on any atom is 0.561 e. The van der Waals surface area contributed by atoms with E-state index in [9.17, 15) is 0 Å². The van der Waals surface area contributed by atoms with Crippen LogP contribution in [0.25, 0.3) is 0 Å². The molecular weight excluding hydrogens is 172 g/mol. The molecule has 0 bridgehead atoms. The maximum absolute atomic E-state index is 5.65. The molecule has 0 saturated heterocycles. The predicted molar refractivity (Wildman–Crippen MR) is 48.7 cm³/mol. The van der Waals surface area contributed by atoms with Crippen LogP contribution in [0.5, 0.6) is 0 Å². The molecule has 0 amide bonds. The number of rotatable bonds is 4. The Morgan fingerprint density at radius 2 is 2.00 bits per heavy atom. The Morgan fingerprint density at radius 3 is 2.42 bits per heavy atom. The first kappa shape index (κ1) is 9.76. The summed E-state index contributed by atoms with van der Waals surface area (Å²) in [5, 5.41) is 0. The average Bonchev–Trinajstić information content (AvgIpc) is 2.57. The van der Waals surface area contributed by atoms with Crippen LogP contribution in [-0.4, -0.2) is 23.0 Å². The van der Waals surface area contributed by atoms with Crippen molar-refractivity contribution in [2.75, 3.05) is 14.2 Å². The third-order valence-electron chi connectivity index (χ3n) is 2.06. The van der Waals surface area contributed by atoms with Gasteiger partial charge in [0.25, 0.3) is 0 Å². The zero-order valence-electron chi connectivity index (χ0n) is 7.92. The van der Waals surface area contributed by atoms with E-state index in [0.29, 0.717) is 0 Å². The van der Waals surface area contributed by atoms with Gasteiger partial charge in [-0.25, -0.2) is 0 Å². The lowest BCUT2D eigenvalue weighted by Gasteiger charge is -2.23. The number of allylic oxidation sites excluding steroid dienone is 2. The van der Waals surface area contributed by atoms with Crippen LogP contribution < -0.4 is 0 Å². The van der Waals surface area contributed by atoms with E-state index in [1.807, 2.05) is 6.55 Å². The SMILES string of the molecule is CO[Si](C)(OC)OC1=CCCC1. The molecule has 0 heterocycles. The highest BCUT2D eigenvalue weighted by molar-refractivity contribution is 6.59. The monoisotopic (exact) mass is 188 g/mol. The molecule has 0 aromatic heterocycles. The van der Waals surface area contributed by atoms with Crippen LogP contribution in [-0.2, 0) is 13.3 Å². The van der Waals surface area contributed by atoms with E-state index in [4.69, 9.17) is 13.3 Å². The lowest BCUT2D eigenvalue weighted by atomic mass is 10.4. The first-order valence-electron chi connectivity index (χ1n) is 4.18. The van der Waals surface area contributed by atoms with Crippen LogP contribution in [0.2, 0.25) is 6.55 Å². The van der Waals surface area contributed by atoms with Gasteiger partial charge in [0, 0.05) is 27.2 Å². The topological polar surface area (TPSA) is 27.7 Å². The molecule has 3 nitrogen and oxygen atoms in total. The van der Waals surface area contributed by atoms with Gasteiger partial charge in [-0.2, -0.15) is 0 Å². The Kier molecular flexibility index (Phi) is 3.31. The highest BCUT2D eigenvalue weighted by Gasteiger charge is 2.35. The van der Waals surface area contributed by atoms with Crippen LogP contribution in [0.1, 0.15) is 19.3 Å². The zero-order chi connectivity index (χ0) is 9.03. The van der Waals surface area contributed by atoms with Gasteiger partial charge in [-0.05, 0) is 18.9 Å². The minimum Gasteiger partial charge on any atom is -0.505 e. The van der Waals surface area contributed by atoms with E-state index in [-0.39, 0.29) is 0 Å². The first-order chi connectivity index (χ1) is 5.70. The molecule has 0 aliphatic heterocycles. The summed E-state index contributed by atoms with van der Waals surface area (Å²) >= 11 is 0. The molecule has 1 aliphatic rings. The Bertz CT molecular complexity index is 175. The summed E-state index contributed by atoms with van der Waals surface area (Å²) in [4.78, 5) is 0. The van der Waals surface area contributed by atoms with Crippen LogP contribution >= 0.6 is 0 Å². The highest BCUT2D eigenvalue weighted by atomic mass is 28.4. The normalized spacial score (nSPS) is 17.8. The average molecular weight is 188 g/mol. The van der Waals surface area contributed by atoms with Crippen molar-refractivity contribution in [3.8, 4) is 0 Å².